The Morgan fingerprint density at radius 1 is 1.29 bits per heavy atom. The fourth-order valence-corrected chi connectivity index (χ4v) is 2.48. The molecule has 0 spiro atoms. The minimum Gasteiger partial charge on any atom is -0.508 e. The molecule has 0 unspecified atom stereocenters. The zero-order valence-corrected chi connectivity index (χ0v) is 10.2. The Bertz CT molecular complexity index is 376. The van der Waals surface area contributed by atoms with Crippen molar-refractivity contribution in [2.24, 2.45) is 0 Å². The molecule has 17 heavy (non-hydrogen) atoms. The second kappa shape index (κ2) is 5.38. The monoisotopic (exact) mass is 236 g/mol. The van der Waals surface area contributed by atoms with Crippen LogP contribution in [0.1, 0.15) is 24.9 Å². The van der Waals surface area contributed by atoms with Gasteiger partial charge in [-0.05, 0) is 12.5 Å². The smallest absolute Gasteiger partial charge is 0.124 e. The molecule has 0 bridgehead atoms. The Kier molecular flexibility index (Phi) is 3.86. The van der Waals surface area contributed by atoms with Gasteiger partial charge in [-0.1, -0.05) is 13.0 Å². The van der Waals surface area contributed by atoms with E-state index in [9.17, 15) is 10.2 Å². The van der Waals surface area contributed by atoms with Crippen molar-refractivity contribution >= 4 is 0 Å². The largest absolute Gasteiger partial charge is 0.508 e. The Morgan fingerprint density at radius 3 is 2.59 bits per heavy atom. The van der Waals surface area contributed by atoms with Gasteiger partial charge in [-0.3, -0.25) is 4.90 Å². The van der Waals surface area contributed by atoms with Gasteiger partial charge in [-0.15, -0.1) is 0 Å². The average Bonchev–Trinajstić information content (AvgIpc) is 2.34. The molecule has 4 nitrogen and oxygen atoms in total. The number of piperazine rings is 1. The molecule has 0 aromatic heterocycles. The van der Waals surface area contributed by atoms with Crippen LogP contribution in [-0.2, 0) is 0 Å². The van der Waals surface area contributed by atoms with Gasteiger partial charge in [0.25, 0.3) is 0 Å². The number of benzene rings is 1. The first kappa shape index (κ1) is 12.2. The predicted octanol–water partition coefficient (Wildman–Crippen LogP) is 1.45. The SMILES string of the molecule is CC[C@H](c1ccc(O)cc1O)N1CCNCC1. The molecule has 0 saturated carbocycles. The van der Waals surface area contributed by atoms with Gasteiger partial charge >= 0.3 is 0 Å². The molecule has 0 amide bonds. The molecule has 0 radical (unpaired) electrons. The minimum absolute atomic E-state index is 0.112. The summed E-state index contributed by atoms with van der Waals surface area (Å²) in [6.07, 6.45) is 0.957. The first-order chi connectivity index (χ1) is 8.22. The number of nitrogens with zero attached hydrogens (tertiary/aromatic N) is 1. The Labute approximate surface area is 102 Å². The Balaban J connectivity index is 2.21. The summed E-state index contributed by atoms with van der Waals surface area (Å²) in [5, 5.41) is 22.6. The number of phenolic OH excluding ortho intramolecular Hbond substituents is 2. The van der Waals surface area contributed by atoms with Crippen LogP contribution in [0.4, 0.5) is 0 Å². The number of phenols is 2. The Hall–Kier alpha value is -1.26. The highest BCUT2D eigenvalue weighted by molar-refractivity contribution is 5.40. The third-order valence-electron chi connectivity index (χ3n) is 3.35. The third-order valence-corrected chi connectivity index (χ3v) is 3.35. The molecule has 1 heterocycles. The highest BCUT2D eigenvalue weighted by atomic mass is 16.3. The summed E-state index contributed by atoms with van der Waals surface area (Å²) in [4.78, 5) is 2.38. The molecule has 94 valence electrons. The van der Waals surface area contributed by atoms with E-state index in [1.54, 1.807) is 6.07 Å². The van der Waals surface area contributed by atoms with Crippen LogP contribution in [0.15, 0.2) is 18.2 Å². The van der Waals surface area contributed by atoms with Crippen molar-refractivity contribution in [3.05, 3.63) is 23.8 Å². The second-order valence-electron chi connectivity index (χ2n) is 4.45. The normalized spacial score (nSPS) is 19.1. The molecule has 1 aromatic rings. The van der Waals surface area contributed by atoms with E-state index < -0.39 is 0 Å². The van der Waals surface area contributed by atoms with Crippen LogP contribution in [0, 0.1) is 0 Å². The standard InChI is InChI=1S/C13H20N2O2/c1-2-12(15-7-5-14-6-8-15)11-4-3-10(16)9-13(11)17/h3-4,9,12,14,16-17H,2,5-8H2,1H3/t12-/m1/s1. The highest BCUT2D eigenvalue weighted by Gasteiger charge is 2.22. The molecule has 2 rings (SSSR count). The summed E-state index contributed by atoms with van der Waals surface area (Å²) in [5.41, 5.74) is 0.909. The van der Waals surface area contributed by atoms with Gasteiger partial charge in [0.1, 0.15) is 11.5 Å². The molecule has 1 aliphatic heterocycles. The maximum atomic E-state index is 9.92. The van der Waals surface area contributed by atoms with Gasteiger partial charge in [0.05, 0.1) is 0 Å². The van der Waals surface area contributed by atoms with Crippen LogP contribution in [-0.4, -0.2) is 41.3 Å². The van der Waals surface area contributed by atoms with Gasteiger partial charge in [-0.25, -0.2) is 0 Å². The van der Waals surface area contributed by atoms with E-state index in [0.29, 0.717) is 0 Å². The van der Waals surface area contributed by atoms with Crippen molar-refractivity contribution < 1.29 is 10.2 Å². The van der Waals surface area contributed by atoms with E-state index in [2.05, 4.69) is 17.1 Å². The summed E-state index contributed by atoms with van der Waals surface area (Å²) in [7, 11) is 0. The number of rotatable bonds is 3. The van der Waals surface area contributed by atoms with Crippen molar-refractivity contribution in [3.63, 3.8) is 0 Å². The van der Waals surface area contributed by atoms with Gasteiger partial charge in [0.15, 0.2) is 0 Å². The minimum atomic E-state index is 0.112. The molecule has 1 aromatic carbocycles. The third kappa shape index (κ3) is 2.70. The fraction of sp³-hybridized carbons (Fsp3) is 0.538. The van der Waals surface area contributed by atoms with Crippen LogP contribution in [0.2, 0.25) is 0 Å². The van der Waals surface area contributed by atoms with Crippen molar-refractivity contribution in [2.75, 3.05) is 26.2 Å². The van der Waals surface area contributed by atoms with E-state index in [4.69, 9.17) is 0 Å². The van der Waals surface area contributed by atoms with Crippen molar-refractivity contribution in [1.82, 2.24) is 10.2 Å². The summed E-state index contributed by atoms with van der Waals surface area (Å²) in [6.45, 7) is 6.11. The lowest BCUT2D eigenvalue weighted by Gasteiger charge is -2.35. The van der Waals surface area contributed by atoms with Crippen LogP contribution in [0.5, 0.6) is 11.5 Å². The lowest BCUT2D eigenvalue weighted by atomic mass is 10.0. The fourth-order valence-electron chi connectivity index (χ4n) is 2.48. The lowest BCUT2D eigenvalue weighted by Crippen LogP contribution is -2.45. The lowest BCUT2D eigenvalue weighted by molar-refractivity contribution is 0.167. The molecule has 0 aliphatic carbocycles. The zero-order valence-electron chi connectivity index (χ0n) is 10.2. The van der Waals surface area contributed by atoms with E-state index in [1.165, 1.54) is 6.07 Å². The van der Waals surface area contributed by atoms with Crippen LogP contribution in [0.25, 0.3) is 0 Å². The quantitative estimate of drug-likeness (QED) is 0.743. The number of hydrogen-bond donors (Lipinski definition) is 3. The van der Waals surface area contributed by atoms with E-state index in [-0.39, 0.29) is 17.5 Å². The van der Waals surface area contributed by atoms with Gasteiger partial charge < -0.3 is 15.5 Å². The summed E-state index contributed by atoms with van der Waals surface area (Å²) in [5.74, 6) is 0.303. The van der Waals surface area contributed by atoms with Crippen molar-refractivity contribution in [1.29, 1.82) is 0 Å². The zero-order chi connectivity index (χ0) is 12.3. The second-order valence-corrected chi connectivity index (χ2v) is 4.45. The molecule has 1 atom stereocenters. The average molecular weight is 236 g/mol. The number of hydrogen-bond acceptors (Lipinski definition) is 4. The van der Waals surface area contributed by atoms with Crippen LogP contribution < -0.4 is 5.32 Å². The maximum Gasteiger partial charge on any atom is 0.124 e. The molecule has 1 saturated heterocycles. The molecular formula is C13H20N2O2. The van der Waals surface area contributed by atoms with E-state index >= 15 is 0 Å². The van der Waals surface area contributed by atoms with Crippen molar-refractivity contribution in [3.8, 4) is 11.5 Å². The molecule has 1 aliphatic rings. The van der Waals surface area contributed by atoms with E-state index in [1.807, 2.05) is 6.07 Å². The van der Waals surface area contributed by atoms with Crippen molar-refractivity contribution in [2.45, 2.75) is 19.4 Å². The first-order valence-corrected chi connectivity index (χ1v) is 6.19. The van der Waals surface area contributed by atoms with Gasteiger partial charge in [-0.2, -0.15) is 0 Å². The molecule has 3 N–H and O–H groups in total. The summed E-state index contributed by atoms with van der Waals surface area (Å²) >= 11 is 0. The number of nitrogens with one attached hydrogen (secondary N) is 1. The topological polar surface area (TPSA) is 55.7 Å². The van der Waals surface area contributed by atoms with Crippen LogP contribution >= 0.6 is 0 Å². The highest BCUT2D eigenvalue weighted by Crippen LogP contribution is 2.33. The Morgan fingerprint density at radius 2 is 2.00 bits per heavy atom. The predicted molar refractivity (Wildman–Crippen MR) is 67.2 cm³/mol. The maximum absolute atomic E-state index is 9.92. The van der Waals surface area contributed by atoms with Crippen LogP contribution in [0.3, 0.4) is 0 Å². The van der Waals surface area contributed by atoms with Gasteiger partial charge in [0, 0.05) is 43.9 Å². The van der Waals surface area contributed by atoms with Gasteiger partial charge in [0.2, 0.25) is 0 Å². The summed E-state index contributed by atoms with van der Waals surface area (Å²) in [6, 6.07) is 5.11. The van der Waals surface area contributed by atoms with E-state index in [0.717, 1.165) is 38.2 Å². The summed E-state index contributed by atoms with van der Waals surface area (Å²) < 4.78 is 0. The molecular weight excluding hydrogens is 216 g/mol. The molecule has 4 heteroatoms. The molecule has 1 fully saturated rings. The first-order valence-electron chi connectivity index (χ1n) is 6.19. The number of aromatic hydroxyl groups is 2.